The van der Waals surface area contributed by atoms with Crippen LogP contribution in [0.4, 0.5) is 0 Å². The predicted molar refractivity (Wildman–Crippen MR) is 176 cm³/mol. The summed E-state index contributed by atoms with van der Waals surface area (Å²) in [5, 5.41) is 30.4. The van der Waals surface area contributed by atoms with E-state index in [9.17, 15) is 19.8 Å². The highest BCUT2D eigenvalue weighted by molar-refractivity contribution is 5.90. The van der Waals surface area contributed by atoms with Crippen LogP contribution in [0, 0.1) is 5.92 Å². The lowest BCUT2D eigenvalue weighted by Crippen LogP contribution is -2.63. The number of hydrogen-bond acceptors (Lipinski definition) is 15. The molecule has 5 aliphatic heterocycles. The molecule has 7 rings (SSSR count). The lowest BCUT2D eigenvalue weighted by atomic mass is 9.87. The lowest BCUT2D eigenvalue weighted by molar-refractivity contribution is -0.379. The van der Waals surface area contributed by atoms with Crippen molar-refractivity contribution in [2.45, 2.75) is 101 Å². The molecule has 0 saturated carbocycles. The zero-order valence-electron chi connectivity index (χ0n) is 29.0. The first-order valence-electron chi connectivity index (χ1n) is 17.7. The van der Waals surface area contributed by atoms with Gasteiger partial charge in [-0.2, -0.15) is 4.89 Å². The summed E-state index contributed by atoms with van der Waals surface area (Å²) >= 11 is 0. The Morgan fingerprint density at radius 3 is 2.63 bits per heavy atom. The molecule has 2 aromatic rings. The van der Waals surface area contributed by atoms with Gasteiger partial charge in [0, 0.05) is 29.8 Å². The molecule has 5 heterocycles. The van der Waals surface area contributed by atoms with Crippen molar-refractivity contribution in [2.24, 2.45) is 11.7 Å². The van der Waals surface area contributed by atoms with Gasteiger partial charge < -0.3 is 63.8 Å². The molecule has 0 bridgehead atoms. The van der Waals surface area contributed by atoms with E-state index >= 15 is 0 Å². The first-order chi connectivity index (χ1) is 25.1. The van der Waals surface area contributed by atoms with Gasteiger partial charge in [-0.25, -0.2) is 0 Å². The fourth-order valence-electron chi connectivity index (χ4n) is 7.53. The number of rotatable bonds is 13. The monoisotopic (exact) mass is 731 g/mol. The molecule has 5 aliphatic rings. The largest absolute Gasteiger partial charge is 0.492 e. The molecule has 0 unspecified atom stereocenters. The molecule has 0 radical (unpaired) electrons. The Bertz CT molecular complexity index is 1620. The van der Waals surface area contributed by atoms with Gasteiger partial charge in [-0.05, 0) is 55.9 Å². The second-order valence-electron chi connectivity index (χ2n) is 13.9. The first-order valence-corrected chi connectivity index (χ1v) is 17.7. The second-order valence-corrected chi connectivity index (χ2v) is 13.9. The molecule has 284 valence electrons. The van der Waals surface area contributed by atoms with E-state index in [0.29, 0.717) is 36.2 Å². The van der Waals surface area contributed by atoms with Gasteiger partial charge in [0.25, 0.3) is 0 Å². The Morgan fingerprint density at radius 1 is 1.02 bits per heavy atom. The summed E-state index contributed by atoms with van der Waals surface area (Å²) in [5.74, 6) is 1.02. The molecular formula is C36H45NO15. The van der Waals surface area contributed by atoms with Gasteiger partial charge in [-0.3, -0.25) is 9.59 Å². The van der Waals surface area contributed by atoms with Crippen molar-refractivity contribution in [2.75, 3.05) is 33.2 Å². The van der Waals surface area contributed by atoms with Gasteiger partial charge in [0.15, 0.2) is 29.6 Å². The van der Waals surface area contributed by atoms with Crippen molar-refractivity contribution in [3.05, 3.63) is 41.0 Å². The smallest absolute Gasteiger partial charge is 0.317 e. The fourth-order valence-corrected chi connectivity index (χ4v) is 7.53. The second kappa shape index (κ2) is 15.6. The van der Waals surface area contributed by atoms with E-state index in [1.165, 1.54) is 0 Å². The number of carboxylic acid groups (broad SMARTS) is 1. The standard InChI is InChI=1S/C36H45NO15/c1-17(2)11-22-30-20(13-26-32(22)46-16-45-26)23-15-44-24-5-4-19(12-21(24)31(23)49-30)51-52-35-29(42)34-33(50-36(35)43-10-8-37)25(48-28(41)14-27(39)40)6-3-18(47-34)7-9-38/h4-5,12-13,17-18,23,25,29,31,33-36,38,42H,3,6-11,14-16,37H2,1-2H3,(H,39,40)/t18-,23+,25+,29+,31-,33-,34-,35+,36-/m1/s1. The molecule has 9 atom stereocenters. The number of fused-ring (bicyclic) bond motifs is 7. The van der Waals surface area contributed by atoms with E-state index in [-0.39, 0.29) is 57.2 Å². The summed E-state index contributed by atoms with van der Waals surface area (Å²) in [6.45, 7) is 4.80. The SMILES string of the molecule is CC(C)Cc1c2c(cc3c1O[C@@H]1c4cc(OO[C@@H]5[C@H](OCCN)O[C@H]6[C@H](O[C@@H](CCO)CC[C@@H]6OC(=O)CC(=O)O)[C@@H]5O)ccc4OC[C@@H]31)OCO2. The Hall–Kier alpha value is -3.90. The Labute approximate surface area is 299 Å². The maximum Gasteiger partial charge on any atom is 0.317 e. The van der Waals surface area contributed by atoms with Crippen molar-refractivity contribution in [1.29, 1.82) is 0 Å². The van der Waals surface area contributed by atoms with Crippen LogP contribution in [0.1, 0.15) is 68.2 Å². The number of carboxylic acids is 1. The molecule has 16 nitrogen and oxygen atoms in total. The van der Waals surface area contributed by atoms with Crippen molar-refractivity contribution < 1.29 is 72.6 Å². The van der Waals surface area contributed by atoms with E-state index in [4.69, 9.17) is 58.5 Å². The summed E-state index contributed by atoms with van der Waals surface area (Å²) < 4.78 is 48.3. The van der Waals surface area contributed by atoms with Crippen LogP contribution in [0.25, 0.3) is 0 Å². The van der Waals surface area contributed by atoms with Gasteiger partial charge in [-0.15, -0.1) is 0 Å². The normalized spacial score (nSPS) is 29.8. The highest BCUT2D eigenvalue weighted by Crippen LogP contribution is 2.57. The third kappa shape index (κ3) is 7.33. The molecule has 0 spiro atoms. The van der Waals surface area contributed by atoms with Crippen LogP contribution in [0.5, 0.6) is 28.7 Å². The minimum absolute atomic E-state index is 0.0293. The van der Waals surface area contributed by atoms with Crippen molar-refractivity contribution in [3.8, 4) is 28.7 Å². The summed E-state index contributed by atoms with van der Waals surface area (Å²) in [5.41, 5.74) is 8.42. The Balaban J connectivity index is 1.11. The molecule has 5 N–H and O–H groups in total. The van der Waals surface area contributed by atoms with E-state index in [0.717, 1.165) is 28.9 Å². The topological polar surface area (TPSA) is 213 Å². The highest BCUT2D eigenvalue weighted by Gasteiger charge is 2.54. The average Bonchev–Trinajstić information content (AvgIpc) is 3.70. The number of aliphatic hydroxyl groups is 2. The molecule has 0 aliphatic carbocycles. The van der Waals surface area contributed by atoms with Gasteiger partial charge in [0.1, 0.15) is 48.4 Å². The molecule has 52 heavy (non-hydrogen) atoms. The van der Waals surface area contributed by atoms with E-state index in [1.54, 1.807) is 18.2 Å². The number of ether oxygens (including phenoxy) is 8. The zero-order chi connectivity index (χ0) is 36.5. The number of benzene rings is 2. The van der Waals surface area contributed by atoms with E-state index < -0.39 is 61.3 Å². The van der Waals surface area contributed by atoms with Crippen molar-refractivity contribution >= 4 is 11.9 Å². The molecule has 16 heteroatoms. The highest BCUT2D eigenvalue weighted by atomic mass is 17.2. The number of carbonyl (C=O) groups is 2. The number of carbonyl (C=O) groups excluding carboxylic acids is 1. The molecule has 2 saturated heterocycles. The summed E-state index contributed by atoms with van der Waals surface area (Å²) in [6, 6.07) is 7.15. The molecule has 0 aromatic heterocycles. The van der Waals surface area contributed by atoms with Crippen molar-refractivity contribution in [1.82, 2.24) is 0 Å². The van der Waals surface area contributed by atoms with Crippen LogP contribution in [0.15, 0.2) is 24.3 Å². The number of aliphatic carboxylic acids is 1. The van der Waals surface area contributed by atoms with Gasteiger partial charge in [0.05, 0.1) is 25.2 Å². The number of nitrogens with two attached hydrogens (primary N) is 1. The number of aliphatic hydroxyl groups excluding tert-OH is 2. The third-order valence-electron chi connectivity index (χ3n) is 9.80. The number of esters is 1. The van der Waals surface area contributed by atoms with Crippen LogP contribution >= 0.6 is 0 Å². The Morgan fingerprint density at radius 2 is 1.87 bits per heavy atom. The Kier molecular flexibility index (Phi) is 10.9. The van der Waals surface area contributed by atoms with Crippen LogP contribution in [-0.4, -0.2) is 103 Å². The fraction of sp³-hybridized carbons (Fsp3) is 0.611. The maximum absolute atomic E-state index is 12.4. The predicted octanol–water partition coefficient (Wildman–Crippen LogP) is 2.28. The van der Waals surface area contributed by atoms with Gasteiger partial charge in [0.2, 0.25) is 6.79 Å². The molecule has 2 fully saturated rings. The van der Waals surface area contributed by atoms with E-state index in [1.807, 2.05) is 6.07 Å². The quantitative estimate of drug-likeness (QED) is 0.101. The minimum atomic E-state index is -1.44. The van der Waals surface area contributed by atoms with Gasteiger partial charge >= 0.3 is 11.9 Å². The van der Waals surface area contributed by atoms with Gasteiger partial charge in [-0.1, -0.05) is 13.8 Å². The molecular weight excluding hydrogens is 686 g/mol. The summed E-state index contributed by atoms with van der Waals surface area (Å²) in [7, 11) is 0. The van der Waals surface area contributed by atoms with Crippen molar-refractivity contribution in [3.63, 3.8) is 0 Å². The van der Waals surface area contributed by atoms with Crippen LogP contribution in [0.3, 0.4) is 0 Å². The van der Waals surface area contributed by atoms with Crippen LogP contribution < -0.4 is 29.6 Å². The lowest BCUT2D eigenvalue weighted by Gasteiger charge is -2.44. The molecule has 0 amide bonds. The molecule has 2 aromatic carbocycles. The number of hydrogen-bond donors (Lipinski definition) is 4. The summed E-state index contributed by atoms with van der Waals surface area (Å²) in [6.07, 6.45) is -7.32. The third-order valence-corrected chi connectivity index (χ3v) is 9.80. The average molecular weight is 732 g/mol. The zero-order valence-corrected chi connectivity index (χ0v) is 29.0. The minimum Gasteiger partial charge on any atom is -0.492 e. The summed E-state index contributed by atoms with van der Waals surface area (Å²) in [4.78, 5) is 35.2. The first kappa shape index (κ1) is 36.5. The van der Waals surface area contributed by atoms with Crippen LogP contribution in [-0.2, 0) is 39.8 Å². The van der Waals surface area contributed by atoms with E-state index in [2.05, 4.69) is 13.8 Å². The maximum atomic E-state index is 12.4. The van der Waals surface area contributed by atoms with Crippen LogP contribution in [0.2, 0.25) is 0 Å².